The van der Waals surface area contributed by atoms with Gasteiger partial charge < -0.3 is 10.0 Å². The maximum Gasteiger partial charge on any atom is 0.287 e. The number of carbonyl (C=O) groups excluding carboxylic acids is 1. The molecule has 0 radical (unpaired) electrons. The maximum absolute atomic E-state index is 11.2. The molecule has 1 aliphatic rings. The predicted octanol–water partition coefficient (Wildman–Crippen LogP) is -1.80. The van der Waals surface area contributed by atoms with Gasteiger partial charge in [-0.05, 0) is 18.9 Å². The zero-order valence-electron chi connectivity index (χ0n) is 10.1. The summed E-state index contributed by atoms with van der Waals surface area (Å²) in [6, 6.07) is 0. The summed E-state index contributed by atoms with van der Waals surface area (Å²) >= 11 is 0. The van der Waals surface area contributed by atoms with Gasteiger partial charge in [0.15, 0.2) is 5.69 Å². The van der Waals surface area contributed by atoms with Crippen LogP contribution in [0.15, 0.2) is 6.20 Å². The van der Waals surface area contributed by atoms with Crippen LogP contribution < -0.4 is 11.3 Å². The molecule has 1 aliphatic heterocycles. The van der Waals surface area contributed by atoms with Gasteiger partial charge in [0, 0.05) is 19.7 Å². The van der Waals surface area contributed by atoms with Crippen molar-refractivity contribution in [3.63, 3.8) is 0 Å². The number of rotatable bonds is 5. The molecule has 1 fully saturated rings. The molecule has 1 aromatic heterocycles. The molecule has 1 saturated heterocycles. The van der Waals surface area contributed by atoms with Gasteiger partial charge in [-0.15, -0.1) is 5.10 Å². The van der Waals surface area contributed by atoms with Gasteiger partial charge in [-0.1, -0.05) is 5.21 Å². The summed E-state index contributed by atoms with van der Waals surface area (Å²) in [5.41, 5.74) is 2.23. The molecule has 100 valence electrons. The van der Waals surface area contributed by atoms with Crippen molar-refractivity contribution in [2.75, 3.05) is 26.2 Å². The number of aliphatic hydroxyl groups is 1. The van der Waals surface area contributed by atoms with E-state index in [0.717, 1.165) is 26.1 Å². The van der Waals surface area contributed by atoms with E-state index >= 15 is 0 Å². The van der Waals surface area contributed by atoms with Gasteiger partial charge in [-0.3, -0.25) is 14.9 Å². The highest BCUT2D eigenvalue weighted by Gasteiger charge is 2.21. The van der Waals surface area contributed by atoms with Gasteiger partial charge in [0.05, 0.1) is 12.7 Å². The summed E-state index contributed by atoms with van der Waals surface area (Å²) < 4.78 is 1.62. The van der Waals surface area contributed by atoms with E-state index in [1.54, 1.807) is 10.9 Å². The molecule has 0 bridgehead atoms. The summed E-state index contributed by atoms with van der Waals surface area (Å²) in [5.74, 6) is 4.96. The molecular formula is C10H18N6O2. The summed E-state index contributed by atoms with van der Waals surface area (Å²) in [4.78, 5) is 13.4. The SMILES string of the molecule is NNC(=O)c1cn(CCN2CCC(CO)C2)nn1. The lowest BCUT2D eigenvalue weighted by Gasteiger charge is -2.14. The van der Waals surface area contributed by atoms with Crippen molar-refractivity contribution < 1.29 is 9.90 Å². The van der Waals surface area contributed by atoms with Crippen LogP contribution in [0.4, 0.5) is 0 Å². The van der Waals surface area contributed by atoms with Gasteiger partial charge in [0.1, 0.15) is 0 Å². The highest BCUT2D eigenvalue weighted by molar-refractivity contribution is 5.91. The monoisotopic (exact) mass is 254 g/mol. The minimum absolute atomic E-state index is 0.215. The van der Waals surface area contributed by atoms with Crippen LogP contribution in [0.5, 0.6) is 0 Å². The number of hydrazine groups is 1. The van der Waals surface area contributed by atoms with Crippen LogP contribution in [-0.2, 0) is 6.54 Å². The quantitative estimate of drug-likeness (QED) is 0.325. The van der Waals surface area contributed by atoms with Crippen molar-refractivity contribution in [3.05, 3.63) is 11.9 Å². The number of aromatic nitrogens is 3. The van der Waals surface area contributed by atoms with Crippen molar-refractivity contribution in [2.24, 2.45) is 11.8 Å². The number of hydrogen-bond donors (Lipinski definition) is 3. The van der Waals surface area contributed by atoms with Crippen LogP contribution in [0.2, 0.25) is 0 Å². The second-order valence-corrected chi connectivity index (χ2v) is 4.48. The number of nitrogens with two attached hydrogens (primary N) is 1. The second kappa shape index (κ2) is 5.89. The van der Waals surface area contributed by atoms with Gasteiger partial charge >= 0.3 is 0 Å². The van der Waals surface area contributed by atoms with Crippen LogP contribution in [0.25, 0.3) is 0 Å². The first-order valence-corrected chi connectivity index (χ1v) is 5.97. The van der Waals surface area contributed by atoms with E-state index in [1.807, 2.05) is 5.43 Å². The number of likely N-dealkylation sites (tertiary alicyclic amines) is 1. The van der Waals surface area contributed by atoms with Gasteiger partial charge in [-0.2, -0.15) is 0 Å². The lowest BCUT2D eigenvalue weighted by Crippen LogP contribution is -2.30. The summed E-state index contributed by atoms with van der Waals surface area (Å²) in [6.07, 6.45) is 2.61. The lowest BCUT2D eigenvalue weighted by molar-refractivity contribution is 0.0948. The Morgan fingerprint density at radius 1 is 1.61 bits per heavy atom. The van der Waals surface area contributed by atoms with Crippen molar-refractivity contribution in [3.8, 4) is 0 Å². The maximum atomic E-state index is 11.2. The zero-order valence-corrected chi connectivity index (χ0v) is 10.1. The van der Waals surface area contributed by atoms with E-state index in [1.165, 1.54) is 0 Å². The molecule has 1 atom stereocenters. The molecule has 2 rings (SSSR count). The number of aliphatic hydroxyl groups excluding tert-OH is 1. The minimum atomic E-state index is -0.442. The number of nitrogens with zero attached hydrogens (tertiary/aromatic N) is 4. The molecule has 2 heterocycles. The Bertz CT molecular complexity index is 407. The molecule has 0 spiro atoms. The molecule has 0 aliphatic carbocycles. The Hall–Kier alpha value is -1.51. The van der Waals surface area contributed by atoms with E-state index < -0.39 is 5.91 Å². The number of amides is 1. The molecular weight excluding hydrogens is 236 g/mol. The van der Waals surface area contributed by atoms with Crippen molar-refractivity contribution in [1.82, 2.24) is 25.3 Å². The first-order chi connectivity index (χ1) is 8.72. The Kier molecular flexibility index (Phi) is 4.24. The fourth-order valence-corrected chi connectivity index (χ4v) is 2.09. The molecule has 1 unspecified atom stereocenters. The minimum Gasteiger partial charge on any atom is -0.396 e. The largest absolute Gasteiger partial charge is 0.396 e. The zero-order chi connectivity index (χ0) is 13.0. The smallest absolute Gasteiger partial charge is 0.287 e. The standard InChI is InChI=1S/C10H18N6O2/c11-12-10(18)9-6-16(14-13-9)4-3-15-2-1-8(5-15)7-17/h6,8,17H,1-5,7,11H2,(H,12,18). The van der Waals surface area contributed by atoms with E-state index in [4.69, 9.17) is 10.9 Å². The molecule has 8 heteroatoms. The normalized spacial score (nSPS) is 20.2. The van der Waals surface area contributed by atoms with E-state index in [2.05, 4.69) is 15.2 Å². The van der Waals surface area contributed by atoms with E-state index in [-0.39, 0.29) is 12.3 Å². The number of nitrogen functional groups attached to an aromatic ring is 1. The highest BCUT2D eigenvalue weighted by atomic mass is 16.3. The van der Waals surface area contributed by atoms with E-state index in [9.17, 15) is 4.79 Å². The van der Waals surface area contributed by atoms with Crippen molar-refractivity contribution in [1.29, 1.82) is 0 Å². The van der Waals surface area contributed by atoms with Crippen LogP contribution in [-0.4, -0.2) is 57.1 Å². The van der Waals surface area contributed by atoms with Crippen LogP contribution >= 0.6 is 0 Å². The Labute approximate surface area is 105 Å². The van der Waals surface area contributed by atoms with Crippen LogP contribution in [0.1, 0.15) is 16.9 Å². The average Bonchev–Trinajstić information content (AvgIpc) is 3.04. The fourth-order valence-electron chi connectivity index (χ4n) is 2.09. The van der Waals surface area contributed by atoms with Crippen LogP contribution in [0.3, 0.4) is 0 Å². The lowest BCUT2D eigenvalue weighted by atomic mass is 10.1. The predicted molar refractivity (Wildman–Crippen MR) is 63.3 cm³/mol. The van der Waals surface area contributed by atoms with Gasteiger partial charge in [0.2, 0.25) is 0 Å². The van der Waals surface area contributed by atoms with Gasteiger partial charge in [-0.25, -0.2) is 5.84 Å². The number of carbonyl (C=O) groups is 1. The Balaban J connectivity index is 1.80. The third-order valence-corrected chi connectivity index (χ3v) is 3.18. The topological polar surface area (TPSA) is 109 Å². The van der Waals surface area contributed by atoms with E-state index in [0.29, 0.717) is 12.5 Å². The molecule has 1 aromatic rings. The van der Waals surface area contributed by atoms with Gasteiger partial charge in [0.25, 0.3) is 5.91 Å². The summed E-state index contributed by atoms with van der Waals surface area (Å²) in [7, 11) is 0. The number of hydrogen-bond acceptors (Lipinski definition) is 6. The highest BCUT2D eigenvalue weighted by Crippen LogP contribution is 2.14. The van der Waals surface area contributed by atoms with Crippen molar-refractivity contribution >= 4 is 5.91 Å². The first kappa shape index (κ1) is 12.9. The molecule has 8 nitrogen and oxygen atoms in total. The molecule has 0 aromatic carbocycles. The third kappa shape index (κ3) is 3.03. The number of nitrogens with one attached hydrogen (secondary N) is 1. The summed E-state index contributed by atoms with van der Waals surface area (Å²) in [5, 5.41) is 16.6. The first-order valence-electron chi connectivity index (χ1n) is 5.97. The molecule has 1 amide bonds. The molecule has 18 heavy (non-hydrogen) atoms. The fraction of sp³-hybridized carbons (Fsp3) is 0.700. The molecule has 4 N–H and O–H groups in total. The molecule has 0 saturated carbocycles. The summed E-state index contributed by atoms with van der Waals surface area (Å²) in [6.45, 7) is 3.67. The Morgan fingerprint density at radius 3 is 3.11 bits per heavy atom. The third-order valence-electron chi connectivity index (χ3n) is 3.18. The van der Waals surface area contributed by atoms with Crippen molar-refractivity contribution in [2.45, 2.75) is 13.0 Å². The average molecular weight is 254 g/mol. The second-order valence-electron chi connectivity index (χ2n) is 4.48. The van der Waals surface area contributed by atoms with Crippen LogP contribution in [0, 0.1) is 5.92 Å². The Morgan fingerprint density at radius 2 is 2.44 bits per heavy atom.